The summed E-state index contributed by atoms with van der Waals surface area (Å²) in [6, 6.07) is 4.87. The van der Waals surface area contributed by atoms with Gasteiger partial charge in [-0.25, -0.2) is 0 Å². The second-order valence-electron chi connectivity index (χ2n) is 9.54. The Balaban J connectivity index is 2.63. The van der Waals surface area contributed by atoms with Gasteiger partial charge in [-0.2, -0.15) is 0 Å². The van der Waals surface area contributed by atoms with Gasteiger partial charge in [-0.15, -0.1) is 0 Å². The number of aryl methyl sites for hydroxylation is 3. The molecular formula is C22H38. The minimum atomic E-state index is 0.453. The molecule has 0 saturated carbocycles. The van der Waals surface area contributed by atoms with Gasteiger partial charge in [-0.3, -0.25) is 0 Å². The molecule has 0 spiro atoms. The summed E-state index contributed by atoms with van der Waals surface area (Å²) in [6.07, 6.45) is 7.66. The molecular weight excluding hydrogens is 264 g/mol. The summed E-state index contributed by atoms with van der Waals surface area (Å²) in [4.78, 5) is 0. The minimum Gasteiger partial charge on any atom is -0.0602 e. The molecule has 22 heavy (non-hydrogen) atoms. The van der Waals surface area contributed by atoms with Crippen molar-refractivity contribution in [2.45, 2.75) is 93.9 Å². The van der Waals surface area contributed by atoms with E-state index in [4.69, 9.17) is 0 Å². The van der Waals surface area contributed by atoms with E-state index in [-0.39, 0.29) is 0 Å². The maximum atomic E-state index is 2.43. The summed E-state index contributed by atoms with van der Waals surface area (Å²) in [6.45, 7) is 18.6. The third-order valence-corrected chi connectivity index (χ3v) is 4.50. The van der Waals surface area contributed by atoms with Crippen LogP contribution in [0.25, 0.3) is 0 Å². The highest BCUT2D eigenvalue weighted by atomic mass is 14.2. The van der Waals surface area contributed by atoms with Gasteiger partial charge in [0.25, 0.3) is 0 Å². The Morgan fingerprint density at radius 3 is 1.50 bits per heavy atom. The van der Waals surface area contributed by atoms with Gasteiger partial charge in [0, 0.05) is 0 Å². The van der Waals surface area contributed by atoms with Crippen LogP contribution < -0.4 is 0 Å². The van der Waals surface area contributed by atoms with Crippen molar-refractivity contribution in [1.29, 1.82) is 0 Å². The first kappa shape index (κ1) is 19.3. The van der Waals surface area contributed by atoms with E-state index in [2.05, 4.69) is 67.5 Å². The van der Waals surface area contributed by atoms with Gasteiger partial charge in [0.05, 0.1) is 0 Å². The summed E-state index contributed by atoms with van der Waals surface area (Å²) in [5.74, 6) is 0. The number of rotatable bonds is 6. The van der Waals surface area contributed by atoms with Gasteiger partial charge < -0.3 is 0 Å². The van der Waals surface area contributed by atoms with Crippen molar-refractivity contribution in [2.75, 3.05) is 0 Å². The van der Waals surface area contributed by atoms with Crippen LogP contribution in [0.1, 0.15) is 89.5 Å². The first-order valence-corrected chi connectivity index (χ1v) is 9.07. The predicted molar refractivity (Wildman–Crippen MR) is 101 cm³/mol. The molecule has 0 heteroatoms. The molecule has 0 heterocycles. The van der Waals surface area contributed by atoms with Crippen LogP contribution in [0, 0.1) is 24.7 Å². The Morgan fingerprint density at radius 2 is 1.09 bits per heavy atom. The van der Waals surface area contributed by atoms with E-state index >= 15 is 0 Å². The Morgan fingerprint density at radius 1 is 0.682 bits per heavy atom. The zero-order valence-corrected chi connectivity index (χ0v) is 16.4. The van der Waals surface area contributed by atoms with Crippen LogP contribution in [0.3, 0.4) is 0 Å². The molecule has 0 bridgehead atoms. The van der Waals surface area contributed by atoms with Crippen molar-refractivity contribution < 1.29 is 0 Å². The van der Waals surface area contributed by atoms with Crippen molar-refractivity contribution in [3.8, 4) is 0 Å². The highest BCUT2D eigenvalue weighted by Gasteiger charge is 2.12. The van der Waals surface area contributed by atoms with Gasteiger partial charge in [0.1, 0.15) is 0 Å². The molecule has 0 N–H and O–H groups in total. The molecule has 126 valence electrons. The molecule has 1 aromatic carbocycles. The van der Waals surface area contributed by atoms with E-state index in [1.54, 1.807) is 5.56 Å². The Kier molecular flexibility index (Phi) is 6.71. The zero-order chi connectivity index (χ0) is 17.0. The fourth-order valence-electron chi connectivity index (χ4n) is 3.24. The van der Waals surface area contributed by atoms with Gasteiger partial charge in [-0.1, -0.05) is 53.7 Å². The second kappa shape index (κ2) is 7.66. The summed E-state index contributed by atoms with van der Waals surface area (Å²) in [7, 11) is 0. The van der Waals surface area contributed by atoms with Gasteiger partial charge in [0.2, 0.25) is 0 Å². The normalized spacial score (nSPS) is 12.7. The van der Waals surface area contributed by atoms with Crippen LogP contribution in [0.15, 0.2) is 12.1 Å². The van der Waals surface area contributed by atoms with Crippen molar-refractivity contribution in [1.82, 2.24) is 0 Å². The standard InChI is InChI=1S/C22H38/c1-17-15-19(11-9-13-21(3,4)5)16-18(2)20(17)12-10-14-22(6,7)8/h15-16H,9-14H2,1-8H3. The lowest BCUT2D eigenvalue weighted by molar-refractivity contribution is 0.364. The molecule has 0 aliphatic rings. The van der Waals surface area contributed by atoms with E-state index in [0.29, 0.717) is 10.8 Å². The SMILES string of the molecule is Cc1cc(CCCC(C)(C)C)cc(C)c1CCCC(C)(C)C. The van der Waals surface area contributed by atoms with Gasteiger partial charge in [-0.05, 0) is 85.5 Å². The number of hydrogen-bond acceptors (Lipinski definition) is 0. The van der Waals surface area contributed by atoms with Crippen LogP contribution in [0.2, 0.25) is 0 Å². The maximum Gasteiger partial charge on any atom is -0.0273 e. The largest absolute Gasteiger partial charge is 0.0602 e. The number of hydrogen-bond donors (Lipinski definition) is 0. The molecule has 1 aromatic rings. The summed E-state index contributed by atoms with van der Waals surface area (Å²) < 4.78 is 0. The average molecular weight is 303 g/mol. The molecule has 0 nitrogen and oxygen atoms in total. The van der Waals surface area contributed by atoms with Crippen molar-refractivity contribution in [3.63, 3.8) is 0 Å². The predicted octanol–water partition coefficient (Wildman–Crippen LogP) is 7.04. The molecule has 0 radical (unpaired) electrons. The molecule has 0 aromatic heterocycles. The Hall–Kier alpha value is -0.780. The van der Waals surface area contributed by atoms with E-state index in [9.17, 15) is 0 Å². The quantitative estimate of drug-likeness (QED) is 0.528. The number of benzene rings is 1. The minimum absolute atomic E-state index is 0.453. The fraction of sp³-hybridized carbons (Fsp3) is 0.727. The highest BCUT2D eigenvalue weighted by Crippen LogP contribution is 2.26. The first-order valence-electron chi connectivity index (χ1n) is 9.07. The molecule has 0 unspecified atom stereocenters. The Bertz CT molecular complexity index is 443. The van der Waals surface area contributed by atoms with Gasteiger partial charge in [0.15, 0.2) is 0 Å². The maximum absolute atomic E-state index is 2.43. The topological polar surface area (TPSA) is 0 Å². The van der Waals surface area contributed by atoms with Crippen LogP contribution in [0.5, 0.6) is 0 Å². The third kappa shape index (κ3) is 7.47. The van der Waals surface area contributed by atoms with Crippen LogP contribution in [-0.4, -0.2) is 0 Å². The van der Waals surface area contributed by atoms with Crippen LogP contribution >= 0.6 is 0 Å². The molecule has 0 atom stereocenters. The molecule has 0 saturated heterocycles. The molecule has 0 aliphatic carbocycles. The molecule has 1 rings (SSSR count). The smallest absolute Gasteiger partial charge is 0.0273 e. The van der Waals surface area contributed by atoms with E-state index in [0.717, 1.165) is 0 Å². The summed E-state index contributed by atoms with van der Waals surface area (Å²) >= 11 is 0. The molecule has 0 aliphatic heterocycles. The second-order valence-corrected chi connectivity index (χ2v) is 9.54. The van der Waals surface area contributed by atoms with Crippen LogP contribution in [-0.2, 0) is 12.8 Å². The lowest BCUT2D eigenvalue weighted by Gasteiger charge is -2.20. The average Bonchev–Trinajstić information content (AvgIpc) is 2.29. The van der Waals surface area contributed by atoms with Crippen LogP contribution in [0.4, 0.5) is 0 Å². The van der Waals surface area contributed by atoms with Gasteiger partial charge >= 0.3 is 0 Å². The summed E-state index contributed by atoms with van der Waals surface area (Å²) in [5.41, 5.74) is 7.02. The molecule has 0 amide bonds. The van der Waals surface area contributed by atoms with Crippen molar-refractivity contribution in [3.05, 3.63) is 34.4 Å². The summed E-state index contributed by atoms with van der Waals surface area (Å²) in [5, 5.41) is 0. The Labute approximate surface area is 139 Å². The lowest BCUT2D eigenvalue weighted by Crippen LogP contribution is -2.07. The van der Waals surface area contributed by atoms with E-state index in [1.807, 2.05) is 0 Å². The molecule has 0 fully saturated rings. The fourth-order valence-corrected chi connectivity index (χ4v) is 3.24. The first-order chi connectivity index (χ1) is 9.98. The van der Waals surface area contributed by atoms with E-state index in [1.165, 1.54) is 55.2 Å². The van der Waals surface area contributed by atoms with E-state index < -0.39 is 0 Å². The van der Waals surface area contributed by atoms with Crippen molar-refractivity contribution >= 4 is 0 Å². The highest BCUT2D eigenvalue weighted by molar-refractivity contribution is 5.38. The van der Waals surface area contributed by atoms with Crippen molar-refractivity contribution in [2.24, 2.45) is 10.8 Å². The zero-order valence-electron chi connectivity index (χ0n) is 16.4. The third-order valence-electron chi connectivity index (χ3n) is 4.50. The lowest BCUT2D eigenvalue weighted by atomic mass is 9.86. The monoisotopic (exact) mass is 302 g/mol.